The van der Waals surface area contributed by atoms with Crippen LogP contribution in [-0.2, 0) is 4.79 Å². The molecule has 2 aliphatic carbocycles. The highest BCUT2D eigenvalue weighted by atomic mass is 19.4. The minimum absolute atomic E-state index is 0.0546. The summed E-state index contributed by atoms with van der Waals surface area (Å²) in [5.74, 6) is 0.560. The average molecular weight is 475 g/mol. The molecule has 34 heavy (non-hydrogen) atoms. The molecule has 0 bridgehead atoms. The summed E-state index contributed by atoms with van der Waals surface area (Å²) in [6.45, 7) is 5.12. The Labute approximate surface area is 196 Å². The molecule has 0 saturated heterocycles. The Morgan fingerprint density at radius 3 is 2.65 bits per heavy atom. The second-order valence-corrected chi connectivity index (χ2v) is 9.21. The van der Waals surface area contributed by atoms with Gasteiger partial charge in [-0.25, -0.2) is 0 Å². The zero-order valence-corrected chi connectivity index (χ0v) is 19.0. The number of anilines is 1. The first-order valence-electron chi connectivity index (χ1n) is 11.5. The van der Waals surface area contributed by atoms with E-state index in [1.165, 1.54) is 13.0 Å². The van der Waals surface area contributed by atoms with Gasteiger partial charge in [0.15, 0.2) is 0 Å². The van der Waals surface area contributed by atoms with Crippen LogP contribution in [0.4, 0.5) is 18.9 Å². The molecule has 2 aromatic rings. The number of hydrogen-bond acceptors (Lipinski definition) is 3. The first kappa shape index (κ1) is 24.1. The number of aromatic nitrogens is 1. The predicted molar refractivity (Wildman–Crippen MR) is 126 cm³/mol. The quantitative estimate of drug-likeness (QED) is 0.408. The lowest BCUT2D eigenvalue weighted by Crippen LogP contribution is -2.44. The van der Waals surface area contributed by atoms with Crippen LogP contribution in [-0.4, -0.2) is 34.9 Å². The van der Waals surface area contributed by atoms with E-state index >= 15 is 0 Å². The number of hydrogen-bond donors (Lipinski definition) is 3. The number of fused-ring (bicyclic) bond motifs is 1. The van der Waals surface area contributed by atoms with Crippen LogP contribution < -0.4 is 10.1 Å². The summed E-state index contributed by atoms with van der Waals surface area (Å²) in [6, 6.07) is 5.58. The molecule has 5 nitrogen and oxygen atoms in total. The average Bonchev–Trinajstić information content (AvgIpc) is 3.11. The van der Waals surface area contributed by atoms with Crippen molar-refractivity contribution < 1.29 is 27.8 Å². The van der Waals surface area contributed by atoms with Crippen molar-refractivity contribution in [1.29, 1.82) is 0 Å². The van der Waals surface area contributed by atoms with Gasteiger partial charge in [-0.1, -0.05) is 36.8 Å². The number of carbonyl (C=O) groups excluding carboxylic acids is 1. The molecule has 4 rings (SSSR count). The molecule has 0 unspecified atom stereocenters. The number of nitrogens with one attached hydrogen (secondary N) is 2. The van der Waals surface area contributed by atoms with Gasteiger partial charge in [0.2, 0.25) is 5.91 Å². The summed E-state index contributed by atoms with van der Waals surface area (Å²) in [4.78, 5) is 15.8. The maximum absolute atomic E-state index is 12.8. The molecule has 182 valence electrons. The fraction of sp³-hybridized carbons (Fsp3) is 0.423. The van der Waals surface area contributed by atoms with Gasteiger partial charge in [0, 0.05) is 17.1 Å². The van der Waals surface area contributed by atoms with Gasteiger partial charge in [0.05, 0.1) is 29.4 Å². The third-order valence-electron chi connectivity index (χ3n) is 7.03. The maximum atomic E-state index is 12.8. The van der Waals surface area contributed by atoms with E-state index in [-0.39, 0.29) is 24.5 Å². The molecule has 3 N–H and O–H groups in total. The van der Waals surface area contributed by atoms with Crippen molar-refractivity contribution in [2.75, 3.05) is 11.9 Å². The van der Waals surface area contributed by atoms with Crippen LogP contribution in [0.25, 0.3) is 10.9 Å². The number of carbonyl (C=O) groups is 1. The summed E-state index contributed by atoms with van der Waals surface area (Å²) in [5.41, 5.74) is 0.765. The van der Waals surface area contributed by atoms with Gasteiger partial charge in [0.1, 0.15) is 5.75 Å². The fourth-order valence-electron chi connectivity index (χ4n) is 4.44. The smallest absolute Gasteiger partial charge is 0.416 e. The second-order valence-electron chi connectivity index (χ2n) is 9.21. The third kappa shape index (κ3) is 4.78. The van der Waals surface area contributed by atoms with E-state index < -0.39 is 17.2 Å². The predicted octanol–water partition coefficient (Wildman–Crippen LogP) is 6.05. The second kappa shape index (κ2) is 9.33. The zero-order valence-electron chi connectivity index (χ0n) is 19.0. The minimum atomic E-state index is -4.37. The molecule has 2 fully saturated rings. The normalized spacial score (nSPS) is 22.3. The molecular formula is C26H29F3N2O3. The lowest BCUT2D eigenvalue weighted by atomic mass is 9.68. The van der Waals surface area contributed by atoms with Crippen molar-refractivity contribution in [3.63, 3.8) is 0 Å². The van der Waals surface area contributed by atoms with Gasteiger partial charge in [-0.3, -0.25) is 4.79 Å². The monoisotopic (exact) mass is 474 g/mol. The number of alkyl halides is 3. The van der Waals surface area contributed by atoms with Crippen LogP contribution >= 0.6 is 0 Å². The fourth-order valence-corrected chi connectivity index (χ4v) is 4.44. The number of amides is 1. The van der Waals surface area contributed by atoms with Crippen LogP contribution in [0, 0.1) is 11.3 Å². The van der Waals surface area contributed by atoms with Crippen LogP contribution in [0.3, 0.4) is 0 Å². The molecule has 0 atom stereocenters. The molecule has 1 aromatic carbocycles. The van der Waals surface area contributed by atoms with Crippen molar-refractivity contribution in [2.24, 2.45) is 11.3 Å². The number of rotatable bonds is 8. The molecule has 2 saturated carbocycles. The van der Waals surface area contributed by atoms with E-state index in [9.17, 15) is 23.1 Å². The van der Waals surface area contributed by atoms with Crippen molar-refractivity contribution in [2.45, 2.75) is 51.3 Å². The lowest BCUT2D eigenvalue weighted by molar-refractivity contribution is -0.133. The molecule has 0 radical (unpaired) electrons. The van der Waals surface area contributed by atoms with Gasteiger partial charge >= 0.3 is 6.18 Å². The summed E-state index contributed by atoms with van der Waals surface area (Å²) in [5, 5.41) is 13.4. The van der Waals surface area contributed by atoms with E-state index in [1.54, 1.807) is 6.20 Å². The molecule has 0 spiro atoms. The van der Waals surface area contributed by atoms with Crippen LogP contribution in [0.15, 0.2) is 60.3 Å². The Bertz CT molecular complexity index is 1130. The van der Waals surface area contributed by atoms with Gasteiger partial charge in [0.25, 0.3) is 0 Å². The van der Waals surface area contributed by atoms with E-state index in [4.69, 9.17) is 4.74 Å². The van der Waals surface area contributed by atoms with Crippen LogP contribution in [0.5, 0.6) is 5.75 Å². The summed E-state index contributed by atoms with van der Waals surface area (Å²) in [6.07, 6.45) is 4.49. The third-order valence-corrected chi connectivity index (χ3v) is 7.03. The Balaban J connectivity index is 1.35. The maximum Gasteiger partial charge on any atom is 0.416 e. The van der Waals surface area contributed by atoms with Crippen LogP contribution in [0.1, 0.15) is 39.0 Å². The van der Waals surface area contributed by atoms with Crippen molar-refractivity contribution in [1.82, 2.24) is 4.98 Å². The summed E-state index contributed by atoms with van der Waals surface area (Å²) in [7, 11) is 0. The Kier molecular flexibility index (Phi) is 6.62. The summed E-state index contributed by atoms with van der Waals surface area (Å²) >= 11 is 0. The lowest BCUT2D eigenvalue weighted by Gasteiger charge is -2.38. The van der Waals surface area contributed by atoms with Crippen LogP contribution in [0.2, 0.25) is 0 Å². The summed E-state index contributed by atoms with van der Waals surface area (Å²) < 4.78 is 44.6. The van der Waals surface area contributed by atoms with Gasteiger partial charge in [-0.15, -0.1) is 0 Å². The number of aromatic amines is 1. The largest absolute Gasteiger partial charge is 0.490 e. The number of allylic oxidation sites excluding steroid dienone is 5. The standard InChI is InChI=1S/C26H29F3N2O3/c1-3-18(26(27,28)29)6-5-16(2)17-11-20(12-17)34-19-7-8-22-21(13-19)23(14-30-22)31-24(33)25(15-32)9-4-10-25/h3,5-8,13-14,17,20,30,32H,2,4,9-12,15H2,1H3,(H,31,33)/b6-5-,18-3+. The Morgan fingerprint density at radius 1 is 1.32 bits per heavy atom. The number of aliphatic hydroxyl groups excluding tert-OH is 1. The number of H-pyrrole nitrogens is 1. The number of aliphatic hydroxyl groups is 1. The van der Waals surface area contributed by atoms with Crippen molar-refractivity contribution in [3.8, 4) is 5.75 Å². The molecule has 0 aliphatic heterocycles. The van der Waals surface area contributed by atoms with E-state index in [0.29, 0.717) is 42.7 Å². The topological polar surface area (TPSA) is 74.3 Å². The minimum Gasteiger partial charge on any atom is -0.490 e. The molecule has 1 amide bonds. The zero-order chi connectivity index (χ0) is 24.5. The highest BCUT2D eigenvalue weighted by Crippen LogP contribution is 2.42. The van der Waals surface area contributed by atoms with Crippen molar-refractivity contribution >= 4 is 22.5 Å². The van der Waals surface area contributed by atoms with E-state index in [2.05, 4.69) is 16.9 Å². The van der Waals surface area contributed by atoms with Gasteiger partial charge < -0.3 is 20.1 Å². The SMILES string of the molecule is C=C(/C=C\C(=C/C)C(F)(F)F)C1CC(Oc2ccc3[nH]cc(NC(=O)C4(CO)CCC4)c3c2)C1. The van der Waals surface area contributed by atoms with E-state index in [0.717, 1.165) is 29.5 Å². The Hall–Kier alpha value is -3.00. The first-order chi connectivity index (χ1) is 16.1. The number of ether oxygens (including phenoxy) is 1. The molecule has 1 heterocycles. The highest BCUT2D eigenvalue weighted by molar-refractivity contribution is 6.04. The number of benzene rings is 1. The van der Waals surface area contributed by atoms with Crippen molar-refractivity contribution in [3.05, 3.63) is 60.3 Å². The Morgan fingerprint density at radius 2 is 2.06 bits per heavy atom. The van der Waals surface area contributed by atoms with Gasteiger partial charge in [-0.05, 0) is 56.7 Å². The molecular weight excluding hydrogens is 445 g/mol. The van der Waals surface area contributed by atoms with E-state index in [1.807, 2.05) is 18.2 Å². The molecule has 8 heteroatoms. The first-order valence-corrected chi connectivity index (χ1v) is 11.5. The van der Waals surface area contributed by atoms with Gasteiger partial charge in [-0.2, -0.15) is 13.2 Å². The molecule has 1 aromatic heterocycles. The molecule has 2 aliphatic rings. The number of halogens is 3. The highest BCUT2D eigenvalue weighted by Gasteiger charge is 2.43.